The number of nitrogens with zero attached hydrogens (tertiary/aromatic N) is 1. The zero-order valence-electron chi connectivity index (χ0n) is 14.3. The van der Waals surface area contributed by atoms with Crippen LogP contribution >= 0.6 is 12.2 Å². The molecule has 0 bridgehead atoms. The molecule has 23 heavy (non-hydrogen) atoms. The molecular weight excluding hydrogens is 312 g/mol. The summed E-state index contributed by atoms with van der Waals surface area (Å²) in [6, 6.07) is 8.40. The van der Waals surface area contributed by atoms with Crippen LogP contribution in [-0.4, -0.2) is 47.0 Å². The van der Waals surface area contributed by atoms with Crippen molar-refractivity contribution in [1.82, 2.24) is 10.2 Å². The lowest BCUT2D eigenvalue weighted by molar-refractivity contribution is -0.147. The van der Waals surface area contributed by atoms with Crippen LogP contribution in [0.3, 0.4) is 0 Å². The van der Waals surface area contributed by atoms with Crippen LogP contribution < -0.4 is 5.32 Å². The smallest absolute Gasteiger partial charge is 0.328 e. The Labute approximate surface area is 143 Å². The van der Waals surface area contributed by atoms with Crippen molar-refractivity contribution in [1.29, 1.82) is 0 Å². The third-order valence-corrected chi connectivity index (χ3v) is 4.32. The molecule has 0 radical (unpaired) electrons. The fraction of sp³-hybridized carbons (Fsp3) is 0.471. The monoisotopic (exact) mass is 336 g/mol. The van der Waals surface area contributed by atoms with Crippen molar-refractivity contribution in [2.45, 2.75) is 39.3 Å². The van der Waals surface area contributed by atoms with Crippen LogP contribution in [0.4, 0.5) is 0 Å². The first-order valence-corrected chi connectivity index (χ1v) is 7.93. The van der Waals surface area contributed by atoms with E-state index in [4.69, 9.17) is 17.0 Å². The van der Waals surface area contributed by atoms with Crippen LogP contribution in [0.25, 0.3) is 0 Å². The van der Waals surface area contributed by atoms with E-state index >= 15 is 0 Å². The maximum Gasteiger partial charge on any atom is 0.328 e. The predicted octanol–water partition coefficient (Wildman–Crippen LogP) is 2.41. The first-order valence-electron chi connectivity index (χ1n) is 7.52. The van der Waals surface area contributed by atoms with Gasteiger partial charge in [0.25, 0.3) is 5.91 Å². The summed E-state index contributed by atoms with van der Waals surface area (Å²) in [5.41, 5.74) is -0.220. The predicted molar refractivity (Wildman–Crippen MR) is 94.4 cm³/mol. The van der Waals surface area contributed by atoms with E-state index in [2.05, 4.69) is 5.32 Å². The average molecular weight is 336 g/mol. The number of hydrogen-bond donors (Lipinski definition) is 1. The molecule has 0 heterocycles. The van der Waals surface area contributed by atoms with Crippen molar-refractivity contribution in [2.24, 2.45) is 0 Å². The second-order valence-electron chi connectivity index (χ2n) is 5.79. The molecule has 0 aliphatic carbocycles. The maximum atomic E-state index is 12.3. The fourth-order valence-electron chi connectivity index (χ4n) is 2.04. The summed E-state index contributed by atoms with van der Waals surface area (Å²) in [4.78, 5) is 26.3. The number of rotatable bonds is 6. The molecule has 0 spiro atoms. The first-order chi connectivity index (χ1) is 10.7. The lowest BCUT2D eigenvalue weighted by Crippen LogP contribution is -2.57. The minimum Gasteiger partial charge on any atom is -0.464 e. The number of amides is 1. The summed E-state index contributed by atoms with van der Waals surface area (Å²) in [6.45, 7) is 7.42. The van der Waals surface area contributed by atoms with E-state index in [0.29, 0.717) is 17.2 Å². The number of esters is 1. The summed E-state index contributed by atoms with van der Waals surface area (Å²) in [6.07, 6.45) is 0. The van der Waals surface area contributed by atoms with Crippen LogP contribution in [0.15, 0.2) is 30.3 Å². The quantitative estimate of drug-likeness (QED) is 0.638. The molecule has 1 N–H and O–H groups in total. The van der Waals surface area contributed by atoms with Crippen LogP contribution in [0.1, 0.15) is 38.1 Å². The van der Waals surface area contributed by atoms with Gasteiger partial charge in [-0.2, -0.15) is 0 Å². The van der Waals surface area contributed by atoms with Gasteiger partial charge in [-0.3, -0.25) is 4.79 Å². The molecular formula is C17H24N2O3S. The molecule has 0 aromatic heterocycles. The van der Waals surface area contributed by atoms with Gasteiger partial charge in [0.15, 0.2) is 0 Å². The number of hydrogen-bond acceptors (Lipinski definition) is 4. The molecule has 1 aromatic rings. The highest BCUT2D eigenvalue weighted by Crippen LogP contribution is 2.14. The highest BCUT2D eigenvalue weighted by molar-refractivity contribution is 7.80. The van der Waals surface area contributed by atoms with Crippen molar-refractivity contribution in [2.75, 3.05) is 13.7 Å². The molecule has 0 unspecified atom stereocenters. The number of thiocarbonyl (C=S) groups is 1. The van der Waals surface area contributed by atoms with Crippen LogP contribution in [-0.2, 0) is 9.53 Å². The van der Waals surface area contributed by atoms with Crippen molar-refractivity contribution in [3.63, 3.8) is 0 Å². The zero-order valence-corrected chi connectivity index (χ0v) is 15.1. The van der Waals surface area contributed by atoms with Gasteiger partial charge in [-0.1, -0.05) is 30.4 Å². The molecule has 1 aromatic carbocycles. The molecule has 1 atom stereocenters. The van der Waals surface area contributed by atoms with Crippen molar-refractivity contribution in [3.8, 4) is 0 Å². The van der Waals surface area contributed by atoms with E-state index in [1.165, 1.54) is 0 Å². The van der Waals surface area contributed by atoms with E-state index < -0.39 is 11.6 Å². The summed E-state index contributed by atoms with van der Waals surface area (Å²) < 4.78 is 5.01. The summed E-state index contributed by atoms with van der Waals surface area (Å²) in [5.74, 6) is -0.558. The minimum atomic E-state index is -0.780. The average Bonchev–Trinajstić information content (AvgIpc) is 2.53. The summed E-state index contributed by atoms with van der Waals surface area (Å²) in [5, 5.41) is 2.91. The first kappa shape index (κ1) is 19.1. The normalized spacial score (nSPS) is 12.2. The molecule has 1 rings (SSSR count). The molecule has 1 amide bonds. The Morgan fingerprint density at radius 1 is 1.30 bits per heavy atom. The van der Waals surface area contributed by atoms with Crippen molar-refractivity contribution < 1.29 is 14.3 Å². The second-order valence-corrected chi connectivity index (χ2v) is 6.18. The largest absolute Gasteiger partial charge is 0.464 e. The Bertz CT molecular complexity index is 572. The fourth-order valence-corrected chi connectivity index (χ4v) is 2.25. The Balaban J connectivity index is 2.80. The molecule has 0 saturated heterocycles. The third-order valence-electron chi connectivity index (χ3n) is 3.53. The SMILES string of the molecule is CCOC(=O)[C@H](C)N(C)C(=S)C(C)(C)NC(=O)c1ccccc1. The lowest BCUT2D eigenvalue weighted by atomic mass is 10.0. The summed E-state index contributed by atoms with van der Waals surface area (Å²) >= 11 is 5.46. The van der Waals surface area contributed by atoms with Gasteiger partial charge in [-0.15, -0.1) is 0 Å². The zero-order chi connectivity index (χ0) is 17.6. The van der Waals surface area contributed by atoms with E-state index in [1.54, 1.807) is 50.1 Å². The third kappa shape index (κ3) is 5.03. The molecule has 126 valence electrons. The summed E-state index contributed by atoms with van der Waals surface area (Å²) in [7, 11) is 1.72. The van der Waals surface area contributed by atoms with Gasteiger partial charge >= 0.3 is 5.97 Å². The Kier molecular flexibility index (Phi) is 6.69. The number of ether oxygens (including phenoxy) is 1. The van der Waals surface area contributed by atoms with Crippen molar-refractivity contribution >= 4 is 29.1 Å². The Morgan fingerprint density at radius 3 is 2.39 bits per heavy atom. The lowest BCUT2D eigenvalue weighted by Gasteiger charge is -2.35. The Hall–Kier alpha value is -1.95. The van der Waals surface area contributed by atoms with E-state index in [0.717, 1.165) is 0 Å². The molecule has 5 nitrogen and oxygen atoms in total. The van der Waals surface area contributed by atoms with Crippen LogP contribution in [0.5, 0.6) is 0 Å². The molecule has 0 aliphatic heterocycles. The van der Waals surface area contributed by atoms with Gasteiger partial charge in [0.1, 0.15) is 11.0 Å². The van der Waals surface area contributed by atoms with Gasteiger partial charge in [0.2, 0.25) is 0 Å². The topological polar surface area (TPSA) is 58.6 Å². The van der Waals surface area contributed by atoms with Crippen LogP contribution in [0, 0.1) is 0 Å². The number of carbonyl (C=O) groups is 2. The molecule has 0 aliphatic rings. The highest BCUT2D eigenvalue weighted by atomic mass is 32.1. The number of likely N-dealkylation sites (N-methyl/N-ethyl adjacent to an activating group) is 1. The van der Waals surface area contributed by atoms with Gasteiger partial charge in [0.05, 0.1) is 12.1 Å². The Morgan fingerprint density at radius 2 is 1.87 bits per heavy atom. The second kappa shape index (κ2) is 8.06. The highest BCUT2D eigenvalue weighted by Gasteiger charge is 2.32. The van der Waals surface area contributed by atoms with E-state index in [-0.39, 0.29) is 11.9 Å². The van der Waals surface area contributed by atoms with E-state index in [1.807, 2.05) is 19.9 Å². The van der Waals surface area contributed by atoms with Gasteiger partial charge < -0.3 is 15.0 Å². The van der Waals surface area contributed by atoms with Gasteiger partial charge in [0, 0.05) is 12.6 Å². The molecule has 0 fully saturated rings. The number of nitrogens with one attached hydrogen (secondary N) is 1. The number of carbonyl (C=O) groups excluding carboxylic acids is 2. The number of benzene rings is 1. The minimum absolute atomic E-state index is 0.213. The standard InChI is InChI=1S/C17H24N2O3S/c1-6-22-15(21)12(2)19(5)16(23)17(3,4)18-14(20)13-10-8-7-9-11-13/h7-12H,6H2,1-5H3,(H,18,20)/t12-/m0/s1. The molecule has 0 saturated carbocycles. The van der Waals surface area contributed by atoms with E-state index in [9.17, 15) is 9.59 Å². The maximum absolute atomic E-state index is 12.3. The van der Waals surface area contributed by atoms with Gasteiger partial charge in [-0.05, 0) is 39.8 Å². The van der Waals surface area contributed by atoms with Gasteiger partial charge in [-0.25, -0.2) is 4.79 Å². The van der Waals surface area contributed by atoms with Crippen LogP contribution in [0.2, 0.25) is 0 Å². The molecule has 6 heteroatoms. The van der Waals surface area contributed by atoms with Crippen molar-refractivity contribution in [3.05, 3.63) is 35.9 Å².